The van der Waals surface area contributed by atoms with E-state index in [4.69, 9.17) is 29.7 Å². The summed E-state index contributed by atoms with van der Waals surface area (Å²) in [5, 5.41) is 23.3. The van der Waals surface area contributed by atoms with Crippen LogP contribution in [0.2, 0.25) is 0 Å². The number of fused-ring (bicyclic) bond motifs is 2. The minimum Gasteiger partial charge on any atom is -0.490 e. The number of hydrogen-bond donors (Lipinski definition) is 4. The number of alkyl halides is 2. The number of aromatic amines is 1. The van der Waals surface area contributed by atoms with Gasteiger partial charge in [-0.3, -0.25) is 14.7 Å². The molecule has 16 nitrogen and oxygen atoms in total. The maximum absolute atomic E-state index is 13.6. The van der Waals surface area contributed by atoms with E-state index in [1.807, 2.05) is 67.3 Å². The number of aryl methyl sites for hydroxylation is 2. The van der Waals surface area contributed by atoms with Gasteiger partial charge in [0, 0.05) is 42.7 Å². The molecule has 9 rings (SSSR count). The zero-order chi connectivity index (χ0) is 46.9. The number of H-pyrrole nitrogens is 1. The van der Waals surface area contributed by atoms with Crippen LogP contribution in [-0.2, 0) is 26.7 Å². The number of nitrogens with two attached hydrogens (primary N) is 1. The molecule has 2 aliphatic heterocycles. The number of ether oxygens (including phenoxy) is 6. The molecule has 5 heterocycles. The normalized spacial score (nSPS) is 16.1. The number of benzene rings is 3. The van der Waals surface area contributed by atoms with Crippen LogP contribution in [0.5, 0.6) is 23.1 Å². The first-order valence-corrected chi connectivity index (χ1v) is 22.3. The first-order valence-electron chi connectivity index (χ1n) is 21.3. The van der Waals surface area contributed by atoms with Crippen molar-refractivity contribution in [1.29, 1.82) is 5.26 Å². The molecule has 3 aliphatic rings. The Labute approximate surface area is 396 Å². The summed E-state index contributed by atoms with van der Waals surface area (Å²) in [6, 6.07) is 24.9. The van der Waals surface area contributed by atoms with Gasteiger partial charge in [-0.1, -0.05) is 30.3 Å². The number of carbonyl (C=O) groups is 2. The van der Waals surface area contributed by atoms with E-state index in [0.717, 1.165) is 31.5 Å². The zero-order valence-electron chi connectivity index (χ0n) is 36.2. The SMILES string of the molecule is Cc1ccc(NC(=O)C2(c3ccc4c(c3)OC(F)(F)O4)CC2)nc1-c1cccc(C(=O)NCCOCCOCCOc2ccc(C3C(C#N)=C(N)Oc4n[nH]c(-c5ccn(C)c5)c43)cc2I)c1. The molecule has 2 amide bonds. The molecule has 0 radical (unpaired) electrons. The average Bonchev–Trinajstić information content (AvgIpc) is 3.68. The highest BCUT2D eigenvalue weighted by Crippen LogP contribution is 2.52. The number of allylic oxidation sites excluding steroid dienone is 1. The van der Waals surface area contributed by atoms with Gasteiger partial charge in [0.15, 0.2) is 11.5 Å². The van der Waals surface area contributed by atoms with Crippen molar-refractivity contribution in [2.75, 3.05) is 44.9 Å². The number of aromatic nitrogens is 4. The summed E-state index contributed by atoms with van der Waals surface area (Å²) < 4.78 is 62.2. The Kier molecular flexibility index (Phi) is 12.6. The fourth-order valence-corrected chi connectivity index (χ4v) is 8.78. The van der Waals surface area contributed by atoms with Gasteiger partial charge in [-0.25, -0.2) is 4.98 Å². The highest BCUT2D eigenvalue weighted by Gasteiger charge is 2.53. The first-order chi connectivity index (χ1) is 32.3. The Bertz CT molecular complexity index is 2960. The second-order valence-electron chi connectivity index (χ2n) is 16.1. The fraction of sp³-hybridized carbons (Fsp3) is 0.271. The van der Waals surface area contributed by atoms with E-state index in [1.165, 1.54) is 12.1 Å². The van der Waals surface area contributed by atoms with Gasteiger partial charge in [-0.05, 0) is 108 Å². The van der Waals surface area contributed by atoms with E-state index in [1.54, 1.807) is 30.3 Å². The molecule has 67 heavy (non-hydrogen) atoms. The molecule has 6 aromatic rings. The number of carbonyl (C=O) groups excluding carboxylic acids is 2. The summed E-state index contributed by atoms with van der Waals surface area (Å²) in [5.74, 6) is 0.0126. The standard InChI is InChI=1S/C48H43F2IN8O8/c1-27-6-11-38(56-46(61)47(13-14-47)32-8-10-36-37(24-32)67-48(49,50)66-36)55-41(27)29-4-3-5-30(22-29)44(60)54-15-17-62-18-19-63-20-21-64-35-9-7-28(23-34(35)51)39-33(25-52)43(53)65-45-40(39)42(57-58-45)31-12-16-59(2)26-31/h3-12,16,22-24,26,39H,13-15,17-21,53H2,1-2H3,(H,54,60)(H,57,58)(H,55,56,61). The number of halogens is 3. The Morgan fingerprint density at radius 2 is 1.78 bits per heavy atom. The van der Waals surface area contributed by atoms with Gasteiger partial charge in [-0.15, -0.1) is 13.9 Å². The fourth-order valence-electron chi connectivity index (χ4n) is 8.09. The molecular formula is C48H43F2IN8O8. The van der Waals surface area contributed by atoms with Crippen molar-refractivity contribution in [3.63, 3.8) is 0 Å². The molecule has 0 spiro atoms. The van der Waals surface area contributed by atoms with Crippen molar-refractivity contribution >= 4 is 40.2 Å². The van der Waals surface area contributed by atoms with Crippen LogP contribution in [0.1, 0.15) is 51.4 Å². The van der Waals surface area contributed by atoms with E-state index in [-0.39, 0.29) is 42.3 Å². The number of anilines is 1. The van der Waals surface area contributed by atoms with E-state index < -0.39 is 17.6 Å². The van der Waals surface area contributed by atoms with Crippen LogP contribution >= 0.6 is 22.6 Å². The molecule has 0 saturated heterocycles. The minimum absolute atomic E-state index is 0.0140. The summed E-state index contributed by atoms with van der Waals surface area (Å²) in [7, 11) is 1.93. The van der Waals surface area contributed by atoms with Crippen LogP contribution in [0, 0.1) is 21.8 Å². The van der Waals surface area contributed by atoms with Gasteiger partial charge in [-0.2, -0.15) is 5.26 Å². The molecule has 1 fully saturated rings. The number of nitrogens with zero attached hydrogens (tertiary/aromatic N) is 4. The van der Waals surface area contributed by atoms with Gasteiger partial charge >= 0.3 is 6.29 Å². The Balaban J connectivity index is 0.708. The lowest BCUT2D eigenvalue weighted by Crippen LogP contribution is -2.28. The summed E-state index contributed by atoms with van der Waals surface area (Å²) in [5.41, 5.74) is 11.9. The largest absolute Gasteiger partial charge is 0.586 e. The highest BCUT2D eigenvalue weighted by molar-refractivity contribution is 14.1. The number of nitriles is 1. The maximum atomic E-state index is 13.6. The van der Waals surface area contributed by atoms with E-state index in [2.05, 4.69) is 59.0 Å². The predicted octanol–water partition coefficient (Wildman–Crippen LogP) is 7.44. The van der Waals surface area contributed by atoms with Crippen molar-refractivity contribution in [3.8, 4) is 51.7 Å². The molecule has 0 bridgehead atoms. The Hall–Kier alpha value is -7.02. The van der Waals surface area contributed by atoms with Crippen LogP contribution < -0.4 is 35.3 Å². The van der Waals surface area contributed by atoms with Crippen LogP contribution in [0.25, 0.3) is 22.5 Å². The monoisotopic (exact) mass is 1020 g/mol. The van der Waals surface area contributed by atoms with E-state index in [9.17, 15) is 23.6 Å². The summed E-state index contributed by atoms with van der Waals surface area (Å²) >= 11 is 2.20. The maximum Gasteiger partial charge on any atom is 0.586 e. The molecule has 1 saturated carbocycles. The molecule has 3 aromatic carbocycles. The van der Waals surface area contributed by atoms with Crippen LogP contribution in [-0.4, -0.2) is 77.4 Å². The molecule has 344 valence electrons. The number of pyridine rings is 1. The third-order valence-corrected chi connectivity index (χ3v) is 12.5. The second-order valence-corrected chi connectivity index (χ2v) is 17.3. The number of hydrogen-bond acceptors (Lipinski definition) is 12. The van der Waals surface area contributed by atoms with Crippen molar-refractivity contribution in [3.05, 3.63) is 134 Å². The van der Waals surface area contributed by atoms with Crippen LogP contribution in [0.3, 0.4) is 0 Å². The van der Waals surface area contributed by atoms with Crippen molar-refractivity contribution in [2.24, 2.45) is 12.8 Å². The molecule has 1 atom stereocenters. The molecule has 3 aromatic heterocycles. The van der Waals surface area contributed by atoms with Crippen molar-refractivity contribution < 1.29 is 46.8 Å². The summed E-state index contributed by atoms with van der Waals surface area (Å²) in [6.45, 7) is 3.69. The zero-order valence-corrected chi connectivity index (χ0v) is 38.3. The van der Waals surface area contributed by atoms with E-state index in [0.29, 0.717) is 84.7 Å². The second kappa shape index (κ2) is 18.7. The molecule has 5 N–H and O–H groups in total. The van der Waals surface area contributed by atoms with Crippen molar-refractivity contribution in [2.45, 2.75) is 37.4 Å². The lowest BCUT2D eigenvalue weighted by molar-refractivity contribution is -0.286. The summed E-state index contributed by atoms with van der Waals surface area (Å²) in [6.07, 6.45) is 1.20. The van der Waals surface area contributed by atoms with Crippen LogP contribution in [0.15, 0.2) is 103 Å². The predicted molar refractivity (Wildman–Crippen MR) is 248 cm³/mol. The smallest absolute Gasteiger partial charge is 0.490 e. The number of rotatable bonds is 17. The molecular weight excluding hydrogens is 981 g/mol. The molecule has 1 aliphatic carbocycles. The third-order valence-electron chi connectivity index (χ3n) is 11.6. The quantitative estimate of drug-likeness (QED) is 0.0519. The first kappa shape index (κ1) is 45.1. The topological polar surface area (TPSA) is 210 Å². The van der Waals surface area contributed by atoms with Crippen molar-refractivity contribution in [1.82, 2.24) is 25.1 Å². The minimum atomic E-state index is -3.75. The lowest BCUT2D eigenvalue weighted by Gasteiger charge is -2.24. The third kappa shape index (κ3) is 9.50. The van der Waals surface area contributed by atoms with Gasteiger partial charge in [0.1, 0.15) is 29.8 Å². The van der Waals surface area contributed by atoms with Gasteiger partial charge in [0.05, 0.1) is 58.3 Å². The van der Waals surface area contributed by atoms with Gasteiger partial charge in [0.2, 0.25) is 17.7 Å². The van der Waals surface area contributed by atoms with Gasteiger partial charge < -0.3 is 49.4 Å². The number of amides is 2. The van der Waals surface area contributed by atoms with E-state index >= 15 is 0 Å². The Morgan fingerprint density at radius 1 is 0.985 bits per heavy atom. The lowest BCUT2D eigenvalue weighted by atomic mass is 9.83. The number of nitrogens with one attached hydrogen (secondary N) is 3. The van der Waals surface area contributed by atoms with Gasteiger partial charge in [0.25, 0.3) is 5.91 Å². The Morgan fingerprint density at radius 3 is 2.54 bits per heavy atom. The van der Waals surface area contributed by atoms with Crippen LogP contribution in [0.4, 0.5) is 14.6 Å². The molecule has 1 unspecified atom stereocenters. The average molecular weight is 1020 g/mol. The highest BCUT2D eigenvalue weighted by atomic mass is 127. The molecule has 19 heteroatoms. The summed E-state index contributed by atoms with van der Waals surface area (Å²) in [4.78, 5) is 31.4.